The van der Waals surface area contributed by atoms with Crippen LogP contribution in [-0.2, 0) is 10.0 Å². The Balaban J connectivity index is 2.29. The standard InChI is InChI=1S/C19H15N5O3S/c1-13-3-8-19(27-2)17(9-13)24-28(25,26)16-6-4-15(5-7-16)23-18(12-22)14(10-20)11-21/h3-9,23-24H,1-2H3. The molecule has 2 N–H and O–H groups in total. The molecule has 9 heteroatoms. The Morgan fingerprint density at radius 1 is 1.00 bits per heavy atom. The van der Waals surface area contributed by atoms with E-state index in [0.717, 1.165) is 5.56 Å². The van der Waals surface area contributed by atoms with Crippen molar-refractivity contribution in [3.8, 4) is 24.0 Å². The minimum Gasteiger partial charge on any atom is -0.495 e. The summed E-state index contributed by atoms with van der Waals surface area (Å²) in [5.41, 5.74) is 0.939. The molecule has 140 valence electrons. The molecule has 0 saturated heterocycles. The highest BCUT2D eigenvalue weighted by Gasteiger charge is 2.17. The van der Waals surface area contributed by atoms with Crippen LogP contribution in [0.1, 0.15) is 5.56 Å². The minimum atomic E-state index is -3.88. The van der Waals surface area contributed by atoms with E-state index in [9.17, 15) is 8.42 Å². The number of methoxy groups -OCH3 is 1. The van der Waals surface area contributed by atoms with E-state index in [1.807, 2.05) is 6.92 Å². The molecule has 0 amide bonds. The summed E-state index contributed by atoms with van der Waals surface area (Å²) in [5, 5.41) is 29.4. The number of allylic oxidation sites excluding steroid dienone is 2. The zero-order valence-electron chi connectivity index (χ0n) is 15.0. The van der Waals surface area contributed by atoms with Gasteiger partial charge in [-0.3, -0.25) is 4.72 Å². The Morgan fingerprint density at radius 2 is 1.64 bits per heavy atom. The van der Waals surface area contributed by atoms with Crippen LogP contribution < -0.4 is 14.8 Å². The van der Waals surface area contributed by atoms with Crippen molar-refractivity contribution in [1.29, 1.82) is 15.8 Å². The number of anilines is 2. The molecule has 2 aromatic rings. The number of nitrogens with zero attached hydrogens (tertiary/aromatic N) is 3. The first-order valence-corrected chi connectivity index (χ1v) is 9.32. The molecule has 0 fully saturated rings. The number of sulfonamides is 1. The summed E-state index contributed by atoms with van der Waals surface area (Å²) in [6.45, 7) is 1.83. The van der Waals surface area contributed by atoms with Gasteiger partial charge in [-0.25, -0.2) is 8.42 Å². The maximum Gasteiger partial charge on any atom is 0.262 e. The fraction of sp³-hybridized carbons (Fsp3) is 0.105. The minimum absolute atomic E-state index is 0.00936. The molecular weight excluding hydrogens is 378 g/mol. The van der Waals surface area contributed by atoms with E-state index in [0.29, 0.717) is 17.1 Å². The lowest BCUT2D eigenvalue weighted by Crippen LogP contribution is -2.14. The van der Waals surface area contributed by atoms with E-state index in [1.165, 1.54) is 31.4 Å². The second-order valence-corrected chi connectivity index (χ2v) is 7.23. The summed E-state index contributed by atoms with van der Waals surface area (Å²) in [6, 6.07) is 15.6. The molecule has 28 heavy (non-hydrogen) atoms. The van der Waals surface area contributed by atoms with Crippen LogP contribution in [0, 0.1) is 40.9 Å². The van der Waals surface area contributed by atoms with Gasteiger partial charge in [-0.05, 0) is 48.9 Å². The van der Waals surface area contributed by atoms with Crippen LogP contribution in [0.15, 0.2) is 58.6 Å². The van der Waals surface area contributed by atoms with E-state index in [1.54, 1.807) is 36.4 Å². The van der Waals surface area contributed by atoms with Crippen molar-refractivity contribution in [3.05, 3.63) is 59.3 Å². The molecule has 0 atom stereocenters. The fourth-order valence-electron chi connectivity index (χ4n) is 2.25. The predicted molar refractivity (Wildman–Crippen MR) is 102 cm³/mol. The Kier molecular flexibility index (Phi) is 6.23. The van der Waals surface area contributed by atoms with Crippen LogP contribution in [0.4, 0.5) is 11.4 Å². The summed E-state index contributed by atoms with van der Waals surface area (Å²) in [7, 11) is -2.43. The van der Waals surface area contributed by atoms with Crippen LogP contribution in [0.3, 0.4) is 0 Å². The van der Waals surface area contributed by atoms with Crippen LogP contribution in [0.2, 0.25) is 0 Å². The Labute approximate surface area is 163 Å². The molecule has 0 aliphatic rings. The van der Waals surface area contributed by atoms with Gasteiger partial charge in [0.2, 0.25) is 0 Å². The van der Waals surface area contributed by atoms with Crippen LogP contribution in [-0.4, -0.2) is 15.5 Å². The largest absolute Gasteiger partial charge is 0.495 e. The third-order valence-corrected chi connectivity index (χ3v) is 5.00. The van der Waals surface area contributed by atoms with E-state index in [-0.39, 0.29) is 16.2 Å². The van der Waals surface area contributed by atoms with Crippen molar-refractivity contribution in [2.45, 2.75) is 11.8 Å². The molecule has 0 spiro atoms. The van der Waals surface area contributed by atoms with Gasteiger partial charge < -0.3 is 10.1 Å². The normalized spacial score (nSPS) is 9.96. The average molecular weight is 393 g/mol. The number of aryl methyl sites for hydroxylation is 1. The molecule has 0 bridgehead atoms. The molecule has 0 aliphatic heterocycles. The molecule has 0 unspecified atom stereocenters. The lowest BCUT2D eigenvalue weighted by atomic mass is 10.2. The quantitative estimate of drug-likeness (QED) is 0.719. The summed E-state index contributed by atoms with van der Waals surface area (Å²) < 4.78 is 32.9. The van der Waals surface area contributed by atoms with E-state index in [4.69, 9.17) is 20.5 Å². The highest BCUT2D eigenvalue weighted by Crippen LogP contribution is 2.28. The topological polar surface area (TPSA) is 139 Å². The van der Waals surface area contributed by atoms with Crippen molar-refractivity contribution < 1.29 is 13.2 Å². The fourth-order valence-corrected chi connectivity index (χ4v) is 3.31. The number of ether oxygens (including phenoxy) is 1. The maximum atomic E-state index is 12.6. The van der Waals surface area contributed by atoms with Crippen molar-refractivity contribution >= 4 is 21.4 Å². The molecule has 0 aliphatic carbocycles. The maximum absolute atomic E-state index is 12.6. The predicted octanol–water partition coefficient (Wildman–Crippen LogP) is 3.04. The van der Waals surface area contributed by atoms with Gasteiger partial charge in [-0.2, -0.15) is 15.8 Å². The number of nitriles is 3. The zero-order valence-corrected chi connectivity index (χ0v) is 15.8. The Hall–Kier alpha value is -4.00. The Bertz CT molecular complexity index is 1130. The smallest absolute Gasteiger partial charge is 0.262 e. The van der Waals surface area contributed by atoms with Crippen molar-refractivity contribution in [3.63, 3.8) is 0 Å². The summed E-state index contributed by atoms with van der Waals surface area (Å²) in [5.74, 6) is 0.386. The first-order chi connectivity index (χ1) is 13.3. The molecule has 0 saturated carbocycles. The monoisotopic (exact) mass is 393 g/mol. The van der Waals surface area contributed by atoms with Gasteiger partial charge in [0, 0.05) is 5.69 Å². The summed E-state index contributed by atoms with van der Waals surface area (Å²) in [6.07, 6.45) is 0. The van der Waals surface area contributed by atoms with E-state index in [2.05, 4.69) is 10.0 Å². The lowest BCUT2D eigenvalue weighted by Gasteiger charge is -2.13. The third kappa shape index (κ3) is 4.59. The van der Waals surface area contributed by atoms with Crippen molar-refractivity contribution in [2.75, 3.05) is 17.1 Å². The Morgan fingerprint density at radius 3 is 2.18 bits per heavy atom. The van der Waals surface area contributed by atoms with Gasteiger partial charge in [0.05, 0.1) is 17.7 Å². The second kappa shape index (κ2) is 8.59. The molecule has 0 heterocycles. The second-order valence-electron chi connectivity index (χ2n) is 5.54. The summed E-state index contributed by atoms with van der Waals surface area (Å²) >= 11 is 0. The molecule has 2 rings (SSSR count). The van der Waals surface area contributed by atoms with Gasteiger partial charge in [0.1, 0.15) is 29.7 Å². The first kappa shape index (κ1) is 20.3. The highest BCUT2D eigenvalue weighted by atomic mass is 32.2. The number of rotatable bonds is 6. The zero-order chi connectivity index (χ0) is 20.7. The van der Waals surface area contributed by atoms with E-state index >= 15 is 0 Å². The average Bonchev–Trinajstić information content (AvgIpc) is 2.68. The molecule has 2 aromatic carbocycles. The van der Waals surface area contributed by atoms with Gasteiger partial charge in [-0.1, -0.05) is 6.07 Å². The number of hydrogen-bond acceptors (Lipinski definition) is 7. The summed E-state index contributed by atoms with van der Waals surface area (Å²) in [4.78, 5) is -0.00936. The number of hydrogen-bond donors (Lipinski definition) is 2. The van der Waals surface area contributed by atoms with Gasteiger partial charge in [0.25, 0.3) is 10.0 Å². The van der Waals surface area contributed by atoms with Crippen LogP contribution in [0.5, 0.6) is 5.75 Å². The highest BCUT2D eigenvalue weighted by molar-refractivity contribution is 7.92. The van der Waals surface area contributed by atoms with Crippen molar-refractivity contribution in [2.24, 2.45) is 0 Å². The molecule has 0 aromatic heterocycles. The van der Waals surface area contributed by atoms with Crippen LogP contribution >= 0.6 is 0 Å². The molecule has 8 nitrogen and oxygen atoms in total. The molecular formula is C19H15N5O3S. The van der Waals surface area contributed by atoms with Gasteiger partial charge >= 0.3 is 0 Å². The van der Waals surface area contributed by atoms with Crippen LogP contribution in [0.25, 0.3) is 0 Å². The molecule has 0 radical (unpaired) electrons. The third-order valence-electron chi connectivity index (χ3n) is 3.62. The first-order valence-electron chi connectivity index (χ1n) is 7.83. The number of benzene rings is 2. The van der Waals surface area contributed by atoms with Crippen molar-refractivity contribution in [1.82, 2.24) is 0 Å². The van der Waals surface area contributed by atoms with E-state index < -0.39 is 10.0 Å². The lowest BCUT2D eigenvalue weighted by molar-refractivity contribution is 0.417. The SMILES string of the molecule is COc1ccc(C)cc1NS(=O)(=O)c1ccc(NC(C#N)=C(C#N)C#N)cc1. The number of nitrogens with one attached hydrogen (secondary N) is 2. The van der Waals surface area contributed by atoms with Gasteiger partial charge in [-0.15, -0.1) is 0 Å². The van der Waals surface area contributed by atoms with Gasteiger partial charge in [0.15, 0.2) is 5.57 Å².